The molecule has 1 amide bonds. The third kappa shape index (κ3) is 3.18. The van der Waals surface area contributed by atoms with Crippen molar-refractivity contribution in [3.05, 3.63) is 41.7 Å². The van der Waals surface area contributed by atoms with E-state index >= 15 is 0 Å². The summed E-state index contributed by atoms with van der Waals surface area (Å²) in [6.45, 7) is 2.14. The molecule has 1 saturated carbocycles. The number of carbonyl (C=O) groups is 1. The Balaban J connectivity index is 1.61. The molecule has 1 spiro atoms. The van der Waals surface area contributed by atoms with Crippen molar-refractivity contribution in [3.8, 4) is 0 Å². The van der Waals surface area contributed by atoms with Crippen LogP contribution >= 0.6 is 0 Å². The van der Waals surface area contributed by atoms with E-state index in [2.05, 4.69) is 9.88 Å². The highest BCUT2D eigenvalue weighted by atomic mass is 32.2. The maximum Gasteiger partial charge on any atom is 0.263 e. The van der Waals surface area contributed by atoms with Crippen LogP contribution in [0.5, 0.6) is 0 Å². The quantitative estimate of drug-likeness (QED) is 0.807. The fourth-order valence-corrected chi connectivity index (χ4v) is 5.41. The summed E-state index contributed by atoms with van der Waals surface area (Å²) >= 11 is 0. The number of rotatable bonds is 4. The van der Waals surface area contributed by atoms with Crippen LogP contribution in [-0.2, 0) is 10.0 Å². The van der Waals surface area contributed by atoms with Gasteiger partial charge in [0.15, 0.2) is 5.82 Å². The molecule has 2 aromatic rings. The minimum absolute atomic E-state index is 0.0285. The summed E-state index contributed by atoms with van der Waals surface area (Å²) in [6.07, 6.45) is 3.56. The maximum absolute atomic E-state index is 13.2. The lowest BCUT2D eigenvalue weighted by Gasteiger charge is -2.37. The van der Waals surface area contributed by atoms with Crippen LogP contribution in [0, 0.1) is 6.92 Å². The first-order valence-electron chi connectivity index (χ1n) is 9.38. The molecule has 2 fully saturated rings. The Morgan fingerprint density at radius 1 is 1.32 bits per heavy atom. The molecular weight excluding hydrogens is 382 g/mol. The number of amides is 1. The van der Waals surface area contributed by atoms with Gasteiger partial charge in [0.25, 0.3) is 15.9 Å². The smallest absolute Gasteiger partial charge is 0.263 e. The van der Waals surface area contributed by atoms with Gasteiger partial charge < -0.3 is 14.5 Å². The van der Waals surface area contributed by atoms with Gasteiger partial charge in [-0.25, -0.2) is 8.42 Å². The lowest BCUT2D eigenvalue weighted by atomic mass is 9.91. The van der Waals surface area contributed by atoms with Gasteiger partial charge in [-0.05, 0) is 44.4 Å². The Kier molecular flexibility index (Phi) is 4.67. The standard InChI is InChI=1S/C19H23N3O5S/c1-13-11-17(20-27-13)21-28(25,26)15-6-4-5-14(12-15)18(24)22-10-7-16(23)19(22)8-2-3-9-19/h4-6,11-12,16,23H,2-3,7-10H2,1H3,(H,20,21). The third-order valence-electron chi connectivity index (χ3n) is 5.76. The predicted octanol–water partition coefficient (Wildman–Crippen LogP) is 2.30. The van der Waals surface area contributed by atoms with Gasteiger partial charge in [-0.2, -0.15) is 0 Å². The molecule has 28 heavy (non-hydrogen) atoms. The summed E-state index contributed by atoms with van der Waals surface area (Å²) in [6, 6.07) is 7.42. The third-order valence-corrected chi connectivity index (χ3v) is 7.11. The number of nitrogens with one attached hydrogen (secondary N) is 1. The summed E-state index contributed by atoms with van der Waals surface area (Å²) in [4.78, 5) is 14.9. The Hall–Kier alpha value is -2.39. The van der Waals surface area contributed by atoms with Crippen molar-refractivity contribution in [2.75, 3.05) is 11.3 Å². The zero-order valence-corrected chi connectivity index (χ0v) is 16.4. The summed E-state index contributed by atoms with van der Waals surface area (Å²) < 4.78 is 32.5. The second-order valence-electron chi connectivity index (χ2n) is 7.53. The van der Waals surface area contributed by atoms with E-state index in [0.717, 1.165) is 25.7 Å². The molecule has 1 aromatic heterocycles. The van der Waals surface area contributed by atoms with E-state index in [9.17, 15) is 18.3 Å². The van der Waals surface area contributed by atoms with E-state index < -0.39 is 21.7 Å². The van der Waals surface area contributed by atoms with Gasteiger partial charge in [-0.3, -0.25) is 9.52 Å². The normalized spacial score (nSPS) is 21.4. The molecule has 2 heterocycles. The number of aromatic nitrogens is 1. The van der Waals surface area contributed by atoms with Gasteiger partial charge in [0.1, 0.15) is 5.76 Å². The van der Waals surface area contributed by atoms with Crippen molar-refractivity contribution in [2.24, 2.45) is 0 Å². The second kappa shape index (κ2) is 6.89. The van der Waals surface area contributed by atoms with E-state index in [1.54, 1.807) is 24.0 Å². The minimum Gasteiger partial charge on any atom is -0.391 e. The molecular formula is C19H23N3O5S. The maximum atomic E-state index is 13.2. The Morgan fingerprint density at radius 3 is 2.75 bits per heavy atom. The number of anilines is 1. The first-order valence-corrected chi connectivity index (χ1v) is 10.9. The molecule has 1 aliphatic heterocycles. The SMILES string of the molecule is Cc1cc(NS(=O)(=O)c2cccc(C(=O)N3CCC(O)C34CCCC4)c2)no1. The van der Waals surface area contributed by atoms with E-state index in [1.165, 1.54) is 18.2 Å². The molecule has 2 N–H and O–H groups in total. The van der Waals surface area contributed by atoms with Crippen molar-refractivity contribution in [3.63, 3.8) is 0 Å². The van der Waals surface area contributed by atoms with E-state index in [0.29, 0.717) is 24.3 Å². The molecule has 1 aliphatic carbocycles. The van der Waals surface area contributed by atoms with Crippen LogP contribution in [0.4, 0.5) is 5.82 Å². The Bertz CT molecular complexity index is 995. The number of likely N-dealkylation sites (tertiary alicyclic amines) is 1. The summed E-state index contributed by atoms with van der Waals surface area (Å²) in [5.74, 6) is 0.325. The van der Waals surface area contributed by atoms with Crippen molar-refractivity contribution in [1.29, 1.82) is 0 Å². The summed E-state index contributed by atoms with van der Waals surface area (Å²) in [5, 5.41) is 14.1. The monoisotopic (exact) mass is 405 g/mol. The van der Waals surface area contributed by atoms with Crippen LogP contribution in [0.15, 0.2) is 39.8 Å². The molecule has 2 aliphatic rings. The summed E-state index contributed by atoms with van der Waals surface area (Å²) in [5.41, 5.74) is -0.220. The number of hydrogen-bond acceptors (Lipinski definition) is 6. The average molecular weight is 405 g/mol. The fraction of sp³-hybridized carbons (Fsp3) is 0.474. The lowest BCUT2D eigenvalue weighted by molar-refractivity contribution is 0.0260. The van der Waals surface area contributed by atoms with Gasteiger partial charge in [0.05, 0.1) is 16.5 Å². The average Bonchev–Trinajstić information content (AvgIpc) is 3.38. The van der Waals surface area contributed by atoms with Crippen LogP contribution in [0.25, 0.3) is 0 Å². The highest BCUT2D eigenvalue weighted by Crippen LogP contribution is 2.44. The molecule has 1 atom stereocenters. The van der Waals surface area contributed by atoms with Gasteiger partial charge >= 0.3 is 0 Å². The molecule has 150 valence electrons. The van der Waals surface area contributed by atoms with Gasteiger partial charge in [0, 0.05) is 18.2 Å². The van der Waals surface area contributed by atoms with Gasteiger partial charge in [0.2, 0.25) is 0 Å². The van der Waals surface area contributed by atoms with Crippen LogP contribution in [0.2, 0.25) is 0 Å². The fourth-order valence-electron chi connectivity index (χ4n) is 4.38. The molecule has 9 heteroatoms. The predicted molar refractivity (Wildman–Crippen MR) is 101 cm³/mol. The molecule has 1 aromatic carbocycles. The van der Waals surface area contributed by atoms with Crippen molar-refractivity contribution in [2.45, 2.75) is 55.6 Å². The number of hydrogen-bond donors (Lipinski definition) is 2. The molecule has 0 radical (unpaired) electrons. The zero-order chi connectivity index (χ0) is 19.9. The number of nitrogens with zero attached hydrogens (tertiary/aromatic N) is 2. The van der Waals surface area contributed by atoms with Gasteiger partial charge in [-0.15, -0.1) is 0 Å². The van der Waals surface area contributed by atoms with Crippen LogP contribution in [0.1, 0.15) is 48.2 Å². The number of carbonyl (C=O) groups excluding carboxylic acids is 1. The number of aryl methyl sites for hydroxylation is 1. The first kappa shape index (κ1) is 18.9. The molecule has 1 unspecified atom stereocenters. The molecule has 4 rings (SSSR count). The van der Waals surface area contributed by atoms with Crippen molar-refractivity contribution < 1.29 is 22.8 Å². The highest BCUT2D eigenvalue weighted by molar-refractivity contribution is 7.92. The summed E-state index contributed by atoms with van der Waals surface area (Å²) in [7, 11) is -3.91. The molecule has 0 bridgehead atoms. The van der Waals surface area contributed by atoms with Gasteiger partial charge in [-0.1, -0.05) is 24.1 Å². The highest BCUT2D eigenvalue weighted by Gasteiger charge is 2.51. The first-order chi connectivity index (χ1) is 13.3. The topological polar surface area (TPSA) is 113 Å². The van der Waals surface area contributed by atoms with E-state index in [1.807, 2.05) is 0 Å². The Labute approximate surface area is 163 Å². The molecule has 8 nitrogen and oxygen atoms in total. The number of aliphatic hydroxyl groups is 1. The van der Waals surface area contributed by atoms with E-state index in [-0.39, 0.29) is 16.6 Å². The van der Waals surface area contributed by atoms with E-state index in [4.69, 9.17) is 4.52 Å². The van der Waals surface area contributed by atoms with Crippen molar-refractivity contribution in [1.82, 2.24) is 10.1 Å². The van der Waals surface area contributed by atoms with Crippen LogP contribution < -0.4 is 4.72 Å². The number of sulfonamides is 1. The number of benzene rings is 1. The zero-order valence-electron chi connectivity index (χ0n) is 15.6. The van der Waals surface area contributed by atoms with Crippen LogP contribution in [0.3, 0.4) is 0 Å². The van der Waals surface area contributed by atoms with Crippen molar-refractivity contribution >= 4 is 21.7 Å². The number of aliphatic hydroxyl groups excluding tert-OH is 1. The lowest BCUT2D eigenvalue weighted by Crippen LogP contribution is -2.50. The molecule has 1 saturated heterocycles. The Morgan fingerprint density at radius 2 is 2.07 bits per heavy atom. The minimum atomic E-state index is -3.91. The largest absolute Gasteiger partial charge is 0.391 e. The van der Waals surface area contributed by atoms with Crippen LogP contribution in [-0.4, -0.2) is 47.7 Å². The second-order valence-corrected chi connectivity index (χ2v) is 9.21.